The van der Waals surface area contributed by atoms with Crippen molar-refractivity contribution in [1.82, 2.24) is 9.55 Å². The number of aliphatic hydroxyl groups is 1. The van der Waals surface area contributed by atoms with Crippen LogP contribution in [0.2, 0.25) is 0 Å². The summed E-state index contributed by atoms with van der Waals surface area (Å²) >= 11 is 0. The molecule has 3 heteroatoms. The third kappa shape index (κ3) is 1.93. The van der Waals surface area contributed by atoms with Gasteiger partial charge in [-0.25, -0.2) is 4.98 Å². The predicted octanol–water partition coefficient (Wildman–Crippen LogP) is 2.22. The van der Waals surface area contributed by atoms with Gasteiger partial charge in [-0.15, -0.1) is 0 Å². The van der Waals surface area contributed by atoms with Gasteiger partial charge in [-0.1, -0.05) is 6.92 Å². The molecule has 1 fully saturated rings. The van der Waals surface area contributed by atoms with Crippen molar-refractivity contribution in [2.75, 3.05) is 0 Å². The van der Waals surface area contributed by atoms with Crippen LogP contribution in [0.15, 0.2) is 6.33 Å². The lowest BCUT2D eigenvalue weighted by Gasteiger charge is -2.33. The Morgan fingerprint density at radius 1 is 1.40 bits per heavy atom. The van der Waals surface area contributed by atoms with E-state index in [9.17, 15) is 5.11 Å². The molecule has 1 aliphatic carbocycles. The van der Waals surface area contributed by atoms with Crippen LogP contribution >= 0.6 is 0 Å². The number of aryl methyl sites for hydroxylation is 1. The molecule has 2 rings (SSSR count). The second-order valence-corrected chi connectivity index (χ2v) is 4.83. The average Bonchev–Trinajstić information content (AvgIpc) is 2.52. The molecular weight excluding hydrogens is 188 g/mol. The summed E-state index contributed by atoms with van der Waals surface area (Å²) in [4.78, 5) is 4.33. The number of rotatable bonds is 1. The highest BCUT2D eigenvalue weighted by atomic mass is 16.3. The number of hydrogen-bond acceptors (Lipinski definition) is 2. The van der Waals surface area contributed by atoms with Crippen molar-refractivity contribution in [2.45, 2.75) is 52.2 Å². The Kier molecular flexibility index (Phi) is 2.83. The molecule has 1 heterocycles. The number of imidazole rings is 1. The van der Waals surface area contributed by atoms with Crippen LogP contribution in [-0.2, 0) is 0 Å². The summed E-state index contributed by atoms with van der Waals surface area (Å²) in [5, 5.41) is 9.72. The molecule has 3 nitrogen and oxygen atoms in total. The molecule has 0 aromatic carbocycles. The maximum atomic E-state index is 9.72. The largest absolute Gasteiger partial charge is 0.393 e. The van der Waals surface area contributed by atoms with Gasteiger partial charge in [0.05, 0.1) is 18.1 Å². The quantitative estimate of drug-likeness (QED) is 0.768. The van der Waals surface area contributed by atoms with E-state index in [1.165, 1.54) is 5.69 Å². The minimum absolute atomic E-state index is 0.131. The minimum atomic E-state index is -0.131. The molecule has 84 valence electrons. The third-order valence-electron chi connectivity index (χ3n) is 3.77. The topological polar surface area (TPSA) is 38.0 Å². The maximum Gasteiger partial charge on any atom is 0.0954 e. The summed E-state index contributed by atoms with van der Waals surface area (Å²) in [6, 6.07) is 0.426. The van der Waals surface area contributed by atoms with Crippen LogP contribution < -0.4 is 0 Å². The minimum Gasteiger partial charge on any atom is -0.393 e. The fraction of sp³-hybridized carbons (Fsp3) is 0.750. The molecule has 0 saturated heterocycles. The lowest BCUT2D eigenvalue weighted by atomic mass is 9.84. The van der Waals surface area contributed by atoms with Gasteiger partial charge in [-0.2, -0.15) is 0 Å². The Hall–Kier alpha value is -0.830. The molecule has 1 aliphatic rings. The lowest BCUT2D eigenvalue weighted by Crippen LogP contribution is -2.28. The van der Waals surface area contributed by atoms with Gasteiger partial charge >= 0.3 is 0 Å². The molecule has 1 aromatic heterocycles. The average molecular weight is 208 g/mol. The van der Waals surface area contributed by atoms with E-state index >= 15 is 0 Å². The molecule has 0 bridgehead atoms. The first-order valence-corrected chi connectivity index (χ1v) is 5.77. The number of aromatic nitrogens is 2. The SMILES string of the molecule is Cc1ncn(C2CC(O)CCC2C)c1C. The van der Waals surface area contributed by atoms with E-state index in [1.54, 1.807) is 0 Å². The molecule has 0 radical (unpaired) electrons. The molecule has 0 aliphatic heterocycles. The Morgan fingerprint density at radius 2 is 2.13 bits per heavy atom. The van der Waals surface area contributed by atoms with E-state index in [0.29, 0.717) is 12.0 Å². The molecule has 1 saturated carbocycles. The first kappa shape index (κ1) is 10.7. The van der Waals surface area contributed by atoms with Crippen molar-refractivity contribution in [1.29, 1.82) is 0 Å². The Bertz CT molecular complexity index is 345. The molecule has 0 spiro atoms. The summed E-state index contributed by atoms with van der Waals surface area (Å²) in [6.07, 6.45) is 4.72. The monoisotopic (exact) mass is 208 g/mol. The van der Waals surface area contributed by atoms with Crippen molar-refractivity contribution in [3.8, 4) is 0 Å². The summed E-state index contributed by atoms with van der Waals surface area (Å²) in [6.45, 7) is 6.41. The van der Waals surface area contributed by atoms with Crippen LogP contribution in [0.25, 0.3) is 0 Å². The normalized spacial score (nSPS) is 31.9. The van der Waals surface area contributed by atoms with Gasteiger partial charge in [0.1, 0.15) is 0 Å². The second-order valence-electron chi connectivity index (χ2n) is 4.83. The van der Waals surface area contributed by atoms with Crippen molar-refractivity contribution in [3.05, 3.63) is 17.7 Å². The molecule has 3 atom stereocenters. The van der Waals surface area contributed by atoms with Gasteiger partial charge in [-0.3, -0.25) is 0 Å². The van der Waals surface area contributed by atoms with E-state index in [0.717, 1.165) is 25.0 Å². The van der Waals surface area contributed by atoms with Gasteiger partial charge in [0.25, 0.3) is 0 Å². The van der Waals surface area contributed by atoms with E-state index in [2.05, 4.69) is 23.4 Å². The van der Waals surface area contributed by atoms with E-state index in [1.807, 2.05) is 13.3 Å². The van der Waals surface area contributed by atoms with Gasteiger partial charge in [-0.05, 0) is 39.0 Å². The second kappa shape index (κ2) is 3.97. The van der Waals surface area contributed by atoms with E-state index < -0.39 is 0 Å². The van der Waals surface area contributed by atoms with Crippen molar-refractivity contribution in [2.24, 2.45) is 5.92 Å². The van der Waals surface area contributed by atoms with Crippen LogP contribution in [0, 0.1) is 19.8 Å². The Balaban J connectivity index is 2.25. The van der Waals surface area contributed by atoms with Crippen LogP contribution in [0.1, 0.15) is 43.6 Å². The van der Waals surface area contributed by atoms with Crippen LogP contribution in [0.3, 0.4) is 0 Å². The highest BCUT2D eigenvalue weighted by Gasteiger charge is 2.28. The fourth-order valence-electron chi connectivity index (χ4n) is 2.51. The van der Waals surface area contributed by atoms with Crippen LogP contribution in [0.5, 0.6) is 0 Å². The zero-order valence-corrected chi connectivity index (χ0v) is 9.77. The zero-order chi connectivity index (χ0) is 11.0. The molecular formula is C12H20N2O. The Labute approximate surface area is 91.1 Å². The van der Waals surface area contributed by atoms with E-state index in [4.69, 9.17) is 0 Å². The number of hydrogen-bond donors (Lipinski definition) is 1. The van der Waals surface area contributed by atoms with Crippen molar-refractivity contribution in [3.63, 3.8) is 0 Å². The summed E-state index contributed by atoms with van der Waals surface area (Å²) in [5.41, 5.74) is 2.34. The summed E-state index contributed by atoms with van der Waals surface area (Å²) < 4.78 is 2.24. The maximum absolute atomic E-state index is 9.72. The van der Waals surface area contributed by atoms with Crippen LogP contribution in [0.4, 0.5) is 0 Å². The van der Waals surface area contributed by atoms with Crippen LogP contribution in [-0.4, -0.2) is 20.8 Å². The third-order valence-corrected chi connectivity index (χ3v) is 3.77. The molecule has 1 N–H and O–H groups in total. The Morgan fingerprint density at radius 3 is 2.73 bits per heavy atom. The lowest BCUT2D eigenvalue weighted by molar-refractivity contribution is 0.0773. The molecule has 15 heavy (non-hydrogen) atoms. The first-order valence-electron chi connectivity index (χ1n) is 5.77. The predicted molar refractivity (Wildman–Crippen MR) is 59.8 cm³/mol. The highest BCUT2D eigenvalue weighted by molar-refractivity contribution is 5.10. The highest BCUT2D eigenvalue weighted by Crippen LogP contribution is 2.34. The van der Waals surface area contributed by atoms with E-state index in [-0.39, 0.29) is 6.10 Å². The van der Waals surface area contributed by atoms with Gasteiger partial charge in [0, 0.05) is 11.7 Å². The molecule has 3 unspecified atom stereocenters. The van der Waals surface area contributed by atoms with Gasteiger partial charge in [0.2, 0.25) is 0 Å². The molecule has 0 amide bonds. The number of nitrogens with zero attached hydrogens (tertiary/aromatic N) is 2. The number of aliphatic hydroxyl groups excluding tert-OH is 1. The van der Waals surface area contributed by atoms with Crippen molar-refractivity contribution >= 4 is 0 Å². The zero-order valence-electron chi connectivity index (χ0n) is 9.77. The standard InChI is InChI=1S/C12H20N2O/c1-8-4-5-11(15)6-12(8)14-7-13-9(2)10(14)3/h7-8,11-12,15H,4-6H2,1-3H3. The summed E-state index contributed by atoms with van der Waals surface area (Å²) in [7, 11) is 0. The first-order chi connectivity index (χ1) is 7.09. The van der Waals surface area contributed by atoms with Gasteiger partial charge < -0.3 is 9.67 Å². The van der Waals surface area contributed by atoms with Gasteiger partial charge in [0.15, 0.2) is 0 Å². The summed E-state index contributed by atoms with van der Waals surface area (Å²) in [5.74, 6) is 0.640. The van der Waals surface area contributed by atoms with Crippen molar-refractivity contribution < 1.29 is 5.11 Å². The smallest absolute Gasteiger partial charge is 0.0954 e. The molecule has 1 aromatic rings. The fourth-order valence-corrected chi connectivity index (χ4v) is 2.51.